The maximum absolute atomic E-state index is 10.6. The summed E-state index contributed by atoms with van der Waals surface area (Å²) in [5.41, 5.74) is 0.166. The van der Waals surface area contributed by atoms with Gasteiger partial charge in [0.1, 0.15) is 6.73 Å². The second-order valence-electron chi connectivity index (χ2n) is 3.84. The third kappa shape index (κ3) is 4.51. The SMILES string of the molecule is CN(C)N(C)CCOCn1cc(C(=O)O)cn1. The average Bonchev–Trinajstić information content (AvgIpc) is 2.72. The molecule has 0 saturated heterocycles. The Balaban J connectivity index is 2.24. The van der Waals surface area contributed by atoms with E-state index in [9.17, 15) is 4.79 Å². The number of nitrogens with zero attached hydrogens (tertiary/aromatic N) is 4. The molecule has 1 rings (SSSR count). The fourth-order valence-corrected chi connectivity index (χ4v) is 1.10. The van der Waals surface area contributed by atoms with Gasteiger partial charge in [0.25, 0.3) is 0 Å². The Morgan fingerprint density at radius 1 is 1.53 bits per heavy atom. The molecule has 1 aromatic rings. The molecule has 0 atom stereocenters. The number of hydrogen-bond acceptors (Lipinski definition) is 5. The van der Waals surface area contributed by atoms with E-state index >= 15 is 0 Å². The molecule has 0 spiro atoms. The van der Waals surface area contributed by atoms with Gasteiger partial charge >= 0.3 is 5.97 Å². The van der Waals surface area contributed by atoms with E-state index in [1.54, 1.807) is 0 Å². The van der Waals surface area contributed by atoms with Crippen LogP contribution in [0.4, 0.5) is 0 Å². The maximum Gasteiger partial charge on any atom is 0.338 e. The number of hydrazine groups is 1. The molecule has 0 aliphatic carbocycles. The van der Waals surface area contributed by atoms with E-state index in [1.165, 1.54) is 17.1 Å². The predicted octanol–water partition coefficient (Wildman–Crippen LogP) is -0.0362. The van der Waals surface area contributed by atoms with E-state index < -0.39 is 5.97 Å². The third-order valence-corrected chi connectivity index (χ3v) is 2.35. The van der Waals surface area contributed by atoms with Crippen molar-refractivity contribution in [2.24, 2.45) is 0 Å². The molecule has 0 amide bonds. The predicted molar refractivity (Wildman–Crippen MR) is 61.5 cm³/mol. The van der Waals surface area contributed by atoms with Crippen LogP contribution in [0.3, 0.4) is 0 Å². The summed E-state index contributed by atoms with van der Waals surface area (Å²) in [6, 6.07) is 0. The van der Waals surface area contributed by atoms with Crippen LogP contribution in [0.5, 0.6) is 0 Å². The zero-order chi connectivity index (χ0) is 12.8. The Morgan fingerprint density at radius 3 is 2.76 bits per heavy atom. The lowest BCUT2D eigenvalue weighted by Gasteiger charge is -2.23. The van der Waals surface area contributed by atoms with Gasteiger partial charge in [-0.05, 0) is 0 Å². The molecule has 17 heavy (non-hydrogen) atoms. The zero-order valence-corrected chi connectivity index (χ0v) is 10.3. The summed E-state index contributed by atoms with van der Waals surface area (Å²) in [4.78, 5) is 10.6. The molecule has 0 unspecified atom stereocenters. The van der Waals surface area contributed by atoms with Crippen molar-refractivity contribution in [2.75, 3.05) is 34.3 Å². The monoisotopic (exact) mass is 242 g/mol. The molecule has 1 aromatic heterocycles. The number of rotatable bonds is 7. The van der Waals surface area contributed by atoms with Gasteiger partial charge in [0, 0.05) is 33.9 Å². The van der Waals surface area contributed by atoms with E-state index in [0.29, 0.717) is 6.61 Å². The molecule has 1 heterocycles. The molecule has 0 aromatic carbocycles. The number of likely N-dealkylation sites (N-methyl/N-ethyl adjacent to an activating group) is 1. The van der Waals surface area contributed by atoms with Gasteiger partial charge in [0.2, 0.25) is 0 Å². The van der Waals surface area contributed by atoms with Gasteiger partial charge in [-0.25, -0.2) is 19.5 Å². The van der Waals surface area contributed by atoms with Gasteiger partial charge < -0.3 is 9.84 Å². The number of hydrogen-bond donors (Lipinski definition) is 1. The van der Waals surface area contributed by atoms with E-state index in [0.717, 1.165) is 6.54 Å². The van der Waals surface area contributed by atoms with E-state index in [1.807, 2.05) is 31.2 Å². The Hall–Kier alpha value is -1.44. The van der Waals surface area contributed by atoms with Crippen LogP contribution >= 0.6 is 0 Å². The summed E-state index contributed by atoms with van der Waals surface area (Å²) in [6.07, 6.45) is 2.75. The van der Waals surface area contributed by atoms with E-state index in [-0.39, 0.29) is 12.3 Å². The number of carbonyl (C=O) groups is 1. The van der Waals surface area contributed by atoms with E-state index in [4.69, 9.17) is 9.84 Å². The number of ether oxygens (including phenoxy) is 1. The fraction of sp³-hybridized carbons (Fsp3) is 0.600. The van der Waals surface area contributed by atoms with Crippen LogP contribution in [0.25, 0.3) is 0 Å². The van der Waals surface area contributed by atoms with Crippen LogP contribution in [0.15, 0.2) is 12.4 Å². The number of carboxylic acids is 1. The lowest BCUT2D eigenvalue weighted by atomic mass is 10.4. The first-order chi connectivity index (χ1) is 8.00. The Labute approximate surface area is 100 Å². The quantitative estimate of drug-likeness (QED) is 0.534. The molecule has 0 fully saturated rings. The van der Waals surface area contributed by atoms with Crippen molar-refractivity contribution in [1.82, 2.24) is 19.8 Å². The molecule has 0 aliphatic heterocycles. The topological polar surface area (TPSA) is 70.8 Å². The van der Waals surface area contributed by atoms with E-state index in [2.05, 4.69) is 5.10 Å². The van der Waals surface area contributed by atoms with Crippen molar-refractivity contribution in [2.45, 2.75) is 6.73 Å². The fourth-order valence-electron chi connectivity index (χ4n) is 1.10. The van der Waals surface area contributed by atoms with Crippen molar-refractivity contribution in [3.63, 3.8) is 0 Å². The molecular formula is C10H18N4O3. The summed E-state index contributed by atoms with van der Waals surface area (Å²) in [7, 11) is 5.86. The van der Waals surface area contributed by atoms with Gasteiger partial charge in [-0.2, -0.15) is 5.10 Å². The highest BCUT2D eigenvalue weighted by molar-refractivity contribution is 5.86. The Morgan fingerprint density at radius 2 is 2.24 bits per heavy atom. The van der Waals surface area contributed by atoms with Crippen LogP contribution in [-0.4, -0.2) is 65.2 Å². The molecule has 96 valence electrons. The molecule has 0 radical (unpaired) electrons. The number of carboxylic acid groups (broad SMARTS) is 1. The van der Waals surface area contributed by atoms with Crippen molar-refractivity contribution >= 4 is 5.97 Å². The van der Waals surface area contributed by atoms with Crippen molar-refractivity contribution in [3.8, 4) is 0 Å². The van der Waals surface area contributed by atoms with Crippen molar-refractivity contribution in [3.05, 3.63) is 18.0 Å². The summed E-state index contributed by atoms with van der Waals surface area (Å²) < 4.78 is 6.83. The molecule has 7 nitrogen and oxygen atoms in total. The summed E-state index contributed by atoms with van der Waals surface area (Å²) in [5.74, 6) is -0.983. The average molecular weight is 242 g/mol. The first-order valence-corrected chi connectivity index (χ1v) is 5.22. The van der Waals surface area contributed by atoms with Gasteiger partial charge in [-0.1, -0.05) is 0 Å². The smallest absolute Gasteiger partial charge is 0.338 e. The number of aromatic carboxylic acids is 1. The lowest BCUT2D eigenvalue weighted by molar-refractivity contribution is -0.00138. The van der Waals surface area contributed by atoms with Crippen LogP contribution < -0.4 is 0 Å². The first-order valence-electron chi connectivity index (χ1n) is 5.22. The molecule has 0 saturated carbocycles. The van der Waals surface area contributed by atoms with Gasteiger partial charge in [0.05, 0.1) is 18.4 Å². The van der Waals surface area contributed by atoms with Crippen molar-refractivity contribution < 1.29 is 14.6 Å². The van der Waals surface area contributed by atoms with Crippen LogP contribution in [0.2, 0.25) is 0 Å². The van der Waals surface area contributed by atoms with Crippen molar-refractivity contribution in [1.29, 1.82) is 0 Å². The maximum atomic E-state index is 10.6. The standard InChI is InChI=1S/C10H18N4O3/c1-12(2)13(3)4-5-17-8-14-7-9(6-11-14)10(15)16/h6-7H,4-5,8H2,1-3H3,(H,15,16). The summed E-state index contributed by atoms with van der Waals surface area (Å²) >= 11 is 0. The Bertz CT molecular complexity index is 364. The minimum Gasteiger partial charge on any atom is -0.478 e. The molecule has 0 bridgehead atoms. The van der Waals surface area contributed by atoms with Crippen LogP contribution in [-0.2, 0) is 11.5 Å². The highest BCUT2D eigenvalue weighted by Crippen LogP contribution is 1.97. The molecule has 7 heteroatoms. The summed E-state index contributed by atoms with van der Waals surface area (Å²) in [6.45, 7) is 1.57. The van der Waals surface area contributed by atoms with Gasteiger partial charge in [0.15, 0.2) is 0 Å². The normalized spacial score (nSPS) is 11.4. The minimum atomic E-state index is -0.983. The highest BCUT2D eigenvalue weighted by Gasteiger charge is 2.05. The molecule has 0 aliphatic rings. The third-order valence-electron chi connectivity index (χ3n) is 2.35. The Kier molecular flexibility index (Phi) is 5.08. The first kappa shape index (κ1) is 13.6. The molecule has 1 N–H and O–H groups in total. The lowest BCUT2D eigenvalue weighted by Crippen LogP contribution is -2.35. The summed E-state index contributed by atoms with van der Waals surface area (Å²) in [5, 5.41) is 16.5. The van der Waals surface area contributed by atoms with Crippen LogP contribution in [0.1, 0.15) is 10.4 Å². The minimum absolute atomic E-state index is 0.166. The highest BCUT2D eigenvalue weighted by atomic mass is 16.5. The second-order valence-corrected chi connectivity index (χ2v) is 3.84. The number of aromatic nitrogens is 2. The molecular weight excluding hydrogens is 224 g/mol. The second kappa shape index (κ2) is 6.33. The zero-order valence-electron chi connectivity index (χ0n) is 10.3. The van der Waals surface area contributed by atoms with Crippen LogP contribution in [0, 0.1) is 0 Å². The largest absolute Gasteiger partial charge is 0.478 e. The van der Waals surface area contributed by atoms with Gasteiger partial charge in [-0.3, -0.25) is 0 Å². The van der Waals surface area contributed by atoms with Gasteiger partial charge in [-0.15, -0.1) is 0 Å².